The Hall–Kier alpha value is -3.46. The first-order chi connectivity index (χ1) is 19.7. The number of hydrogen-bond donors (Lipinski definition) is 1. The van der Waals surface area contributed by atoms with Gasteiger partial charge in [-0.2, -0.15) is 0 Å². The summed E-state index contributed by atoms with van der Waals surface area (Å²) < 4.78 is 12.1. The molecule has 1 spiro atoms. The highest BCUT2D eigenvalue weighted by molar-refractivity contribution is 6.34. The summed E-state index contributed by atoms with van der Waals surface area (Å²) in [6.45, 7) is 9.01. The van der Waals surface area contributed by atoms with Crippen molar-refractivity contribution < 1.29 is 29.0 Å². The maximum absolute atomic E-state index is 14.7. The van der Waals surface area contributed by atoms with Crippen LogP contribution in [-0.4, -0.2) is 70.8 Å². The maximum atomic E-state index is 14.7. The van der Waals surface area contributed by atoms with E-state index < -0.39 is 52.9 Å². The van der Waals surface area contributed by atoms with E-state index in [9.17, 15) is 19.5 Å². The van der Waals surface area contributed by atoms with Gasteiger partial charge < -0.3 is 24.4 Å². The zero-order valence-electron chi connectivity index (χ0n) is 23.1. The lowest BCUT2D eigenvalue weighted by molar-refractivity contribution is -0.159. The molecule has 216 valence electrons. The van der Waals surface area contributed by atoms with Gasteiger partial charge in [-0.25, -0.2) is 0 Å². The Morgan fingerprint density at radius 1 is 1.17 bits per heavy atom. The van der Waals surface area contributed by atoms with Crippen molar-refractivity contribution in [2.75, 3.05) is 24.7 Å². The Balaban J connectivity index is 1.63. The van der Waals surface area contributed by atoms with E-state index in [0.717, 1.165) is 5.56 Å². The van der Waals surface area contributed by atoms with Gasteiger partial charge in [0.2, 0.25) is 5.91 Å². The van der Waals surface area contributed by atoms with Gasteiger partial charge >= 0.3 is 5.97 Å². The number of likely N-dealkylation sites (tertiary alicyclic amines) is 1. The van der Waals surface area contributed by atoms with E-state index in [1.807, 2.05) is 37.3 Å². The molecule has 9 heteroatoms. The molecule has 5 rings (SSSR count). The highest BCUT2D eigenvalue weighted by atomic mass is 35.5. The summed E-state index contributed by atoms with van der Waals surface area (Å²) in [7, 11) is 0. The molecule has 6 atom stereocenters. The van der Waals surface area contributed by atoms with Gasteiger partial charge in [0.15, 0.2) is 0 Å². The molecule has 3 saturated heterocycles. The summed E-state index contributed by atoms with van der Waals surface area (Å²) >= 11 is 6.54. The van der Waals surface area contributed by atoms with E-state index in [-0.39, 0.29) is 19.8 Å². The third-order valence-corrected chi connectivity index (χ3v) is 9.00. The Labute approximate surface area is 245 Å². The third kappa shape index (κ3) is 4.78. The first kappa shape index (κ1) is 29.0. The second kappa shape index (κ2) is 11.4. The Morgan fingerprint density at radius 3 is 2.54 bits per heavy atom. The number of hydrogen-bond acceptors (Lipinski definition) is 6. The Morgan fingerprint density at radius 2 is 1.88 bits per heavy atom. The molecule has 2 amide bonds. The van der Waals surface area contributed by atoms with E-state index in [0.29, 0.717) is 30.0 Å². The van der Waals surface area contributed by atoms with E-state index >= 15 is 0 Å². The van der Waals surface area contributed by atoms with Crippen LogP contribution >= 0.6 is 11.6 Å². The van der Waals surface area contributed by atoms with Crippen LogP contribution in [0.5, 0.6) is 0 Å². The summed E-state index contributed by atoms with van der Waals surface area (Å²) in [4.78, 5) is 45.6. The van der Waals surface area contributed by atoms with Gasteiger partial charge in [0.25, 0.3) is 5.91 Å². The zero-order chi connectivity index (χ0) is 29.4. The van der Waals surface area contributed by atoms with Crippen molar-refractivity contribution in [3.8, 4) is 0 Å². The Kier molecular flexibility index (Phi) is 8.10. The fourth-order valence-electron chi connectivity index (χ4n) is 7.02. The van der Waals surface area contributed by atoms with Gasteiger partial charge in [-0.3, -0.25) is 14.4 Å². The number of para-hydroxylation sites is 1. The zero-order valence-corrected chi connectivity index (χ0v) is 23.8. The predicted octanol–water partition coefficient (Wildman–Crippen LogP) is 3.96. The molecule has 8 nitrogen and oxygen atoms in total. The standard InChI is InChI=1S/C32H35ClN2O6/c1-4-17-34(24-14-10-9-13-23(24)33)29(38)27-32-16-15-31(3,41-32)26(30(39)40-18-5-2)25(32)28(37)35(27)22(20-36)19-21-11-7-6-8-12-21/h4-14,22,25-27,36H,1-2,15-20H2,3H3/t22-,25+,26-,27?,31+,32?/m1/s1. The van der Waals surface area contributed by atoms with E-state index in [4.69, 9.17) is 21.1 Å². The molecular weight excluding hydrogens is 544 g/mol. The number of aliphatic hydroxyl groups excluding tert-OH is 1. The fourth-order valence-corrected chi connectivity index (χ4v) is 7.25. The smallest absolute Gasteiger partial charge is 0.313 e. The summed E-state index contributed by atoms with van der Waals surface area (Å²) in [5.74, 6) is -3.23. The van der Waals surface area contributed by atoms with Gasteiger partial charge in [0.1, 0.15) is 24.2 Å². The van der Waals surface area contributed by atoms with Crippen molar-refractivity contribution in [3.05, 3.63) is 90.5 Å². The van der Waals surface area contributed by atoms with E-state index in [1.54, 1.807) is 30.3 Å². The second-order valence-electron chi connectivity index (χ2n) is 11.1. The largest absolute Gasteiger partial charge is 0.461 e. The van der Waals surface area contributed by atoms with Gasteiger partial charge in [-0.05, 0) is 43.9 Å². The number of halogens is 1. The number of benzene rings is 2. The van der Waals surface area contributed by atoms with Crippen molar-refractivity contribution in [1.82, 2.24) is 4.90 Å². The molecular formula is C32H35ClN2O6. The average Bonchev–Trinajstić information content (AvgIpc) is 3.54. The van der Waals surface area contributed by atoms with Crippen LogP contribution in [0.25, 0.3) is 0 Å². The first-order valence-corrected chi connectivity index (χ1v) is 14.2. The van der Waals surface area contributed by atoms with Crippen LogP contribution in [0.1, 0.15) is 25.3 Å². The molecule has 2 aromatic rings. The van der Waals surface area contributed by atoms with E-state index in [1.165, 1.54) is 15.9 Å². The van der Waals surface area contributed by atoms with Crippen molar-refractivity contribution in [2.45, 2.75) is 49.5 Å². The number of nitrogens with zero attached hydrogens (tertiary/aromatic N) is 2. The number of aliphatic hydroxyl groups is 1. The lowest BCUT2D eigenvalue weighted by Crippen LogP contribution is -2.59. The number of rotatable bonds is 11. The number of ether oxygens (including phenoxy) is 2. The van der Waals surface area contributed by atoms with Crippen molar-refractivity contribution in [1.29, 1.82) is 0 Å². The molecule has 0 aromatic heterocycles. The highest BCUT2D eigenvalue weighted by Crippen LogP contribution is 2.64. The molecule has 3 heterocycles. The van der Waals surface area contributed by atoms with Gasteiger partial charge in [-0.1, -0.05) is 72.8 Å². The minimum absolute atomic E-state index is 0.00170. The minimum atomic E-state index is -1.29. The summed E-state index contributed by atoms with van der Waals surface area (Å²) in [5, 5.41) is 11.0. The molecule has 2 bridgehead atoms. The van der Waals surface area contributed by atoms with Crippen LogP contribution < -0.4 is 4.90 Å². The molecule has 0 saturated carbocycles. The van der Waals surface area contributed by atoms with Crippen molar-refractivity contribution in [2.24, 2.45) is 11.8 Å². The molecule has 3 fully saturated rings. The van der Waals surface area contributed by atoms with Crippen LogP contribution in [0.15, 0.2) is 79.9 Å². The number of carbonyl (C=O) groups excluding carboxylic acids is 3. The second-order valence-corrected chi connectivity index (χ2v) is 11.5. The minimum Gasteiger partial charge on any atom is -0.461 e. The van der Waals surface area contributed by atoms with Crippen molar-refractivity contribution >= 4 is 35.1 Å². The maximum Gasteiger partial charge on any atom is 0.313 e. The van der Waals surface area contributed by atoms with E-state index in [2.05, 4.69) is 13.2 Å². The number of anilines is 1. The number of esters is 1. The third-order valence-electron chi connectivity index (χ3n) is 8.69. The SMILES string of the molecule is C=CCOC(=O)[C@H]1[C@H]2C(=O)N([C@@H](CO)Cc3ccccc3)C(C(=O)N(CC=C)c3ccccc3Cl)C23CC[C@]1(C)O3. The fraction of sp³-hybridized carbons (Fsp3) is 0.406. The topological polar surface area (TPSA) is 96.4 Å². The molecule has 1 N–H and O–H groups in total. The lowest BCUT2D eigenvalue weighted by Gasteiger charge is -2.39. The molecule has 0 radical (unpaired) electrons. The van der Waals surface area contributed by atoms with Crippen LogP contribution in [0.4, 0.5) is 5.69 Å². The summed E-state index contributed by atoms with van der Waals surface area (Å²) in [6.07, 6.45) is 4.24. The van der Waals surface area contributed by atoms with Crippen LogP contribution in [0, 0.1) is 11.8 Å². The molecule has 2 unspecified atom stereocenters. The normalized spacial score (nSPS) is 28.7. The molecule has 3 aliphatic heterocycles. The van der Waals surface area contributed by atoms with Gasteiger partial charge in [0, 0.05) is 6.54 Å². The number of fused-ring (bicyclic) bond motifs is 1. The van der Waals surface area contributed by atoms with Gasteiger partial charge in [-0.15, -0.1) is 6.58 Å². The van der Waals surface area contributed by atoms with Crippen molar-refractivity contribution in [3.63, 3.8) is 0 Å². The molecule has 41 heavy (non-hydrogen) atoms. The quantitative estimate of drug-likeness (QED) is 0.320. The van der Waals surface area contributed by atoms with Crippen LogP contribution in [-0.2, 0) is 30.3 Å². The predicted molar refractivity (Wildman–Crippen MR) is 155 cm³/mol. The molecule has 2 aromatic carbocycles. The Bertz CT molecular complexity index is 1350. The van der Waals surface area contributed by atoms with Crippen LogP contribution in [0.3, 0.4) is 0 Å². The molecule has 0 aliphatic carbocycles. The summed E-state index contributed by atoms with van der Waals surface area (Å²) in [6, 6.07) is 14.6. The number of carbonyl (C=O) groups is 3. The highest BCUT2D eigenvalue weighted by Gasteiger charge is 2.79. The summed E-state index contributed by atoms with van der Waals surface area (Å²) in [5.41, 5.74) is -0.903. The molecule has 3 aliphatic rings. The number of amides is 2. The monoisotopic (exact) mass is 578 g/mol. The average molecular weight is 579 g/mol. The van der Waals surface area contributed by atoms with Gasteiger partial charge in [0.05, 0.1) is 34.9 Å². The first-order valence-electron chi connectivity index (χ1n) is 13.8. The van der Waals surface area contributed by atoms with Crippen LogP contribution in [0.2, 0.25) is 5.02 Å². The lowest BCUT2D eigenvalue weighted by atomic mass is 9.66.